The van der Waals surface area contributed by atoms with Gasteiger partial charge in [-0.05, 0) is 23.3 Å². The van der Waals surface area contributed by atoms with Gasteiger partial charge in [0.15, 0.2) is 7.29 Å². The first-order valence-corrected chi connectivity index (χ1v) is 10.4. The van der Waals surface area contributed by atoms with Crippen molar-refractivity contribution in [1.82, 2.24) is 5.09 Å². The summed E-state index contributed by atoms with van der Waals surface area (Å²) < 4.78 is 14.0. The molecule has 0 saturated heterocycles. The third-order valence-electron chi connectivity index (χ3n) is 4.73. The predicted molar refractivity (Wildman–Crippen MR) is 109 cm³/mol. The molecule has 0 saturated carbocycles. The highest BCUT2D eigenvalue weighted by Crippen LogP contribution is 2.54. The molecular weight excluding hydrogens is 325 g/mol. The van der Waals surface area contributed by atoms with Gasteiger partial charge in [0.05, 0.1) is 0 Å². The van der Waals surface area contributed by atoms with Crippen molar-refractivity contribution < 1.29 is 4.57 Å². The maximum Gasteiger partial charge on any atom is 0.181 e. The predicted octanol–water partition coefficient (Wildman–Crippen LogP) is 5.89. The first-order chi connectivity index (χ1) is 11.8. The van der Waals surface area contributed by atoms with Gasteiger partial charge in [0.2, 0.25) is 0 Å². The summed E-state index contributed by atoms with van der Waals surface area (Å²) in [4.78, 5) is 0. The van der Waals surface area contributed by atoms with E-state index in [2.05, 4.69) is 48.4 Å². The third kappa shape index (κ3) is 3.42. The van der Waals surface area contributed by atoms with Crippen molar-refractivity contribution in [3.63, 3.8) is 0 Å². The smallest absolute Gasteiger partial charge is 0.181 e. The van der Waals surface area contributed by atoms with E-state index in [4.69, 9.17) is 0 Å². The van der Waals surface area contributed by atoms with E-state index in [1.54, 1.807) is 0 Å². The zero-order chi connectivity index (χ0) is 18.1. The minimum absolute atomic E-state index is 0.0173. The molecule has 130 valence electrons. The van der Waals surface area contributed by atoms with E-state index in [0.29, 0.717) is 0 Å². The maximum absolute atomic E-state index is 14.0. The first kappa shape index (κ1) is 17.9. The second-order valence-corrected chi connectivity index (χ2v) is 10.9. The SMILES string of the molecule is CC(NP(=O)(c1ccccc1)C(C)(C)C)c1cccc2ccccc12. The van der Waals surface area contributed by atoms with E-state index < -0.39 is 7.29 Å². The molecule has 25 heavy (non-hydrogen) atoms. The molecule has 0 radical (unpaired) electrons. The van der Waals surface area contributed by atoms with E-state index in [1.807, 2.05) is 57.2 Å². The van der Waals surface area contributed by atoms with Crippen LogP contribution in [0.15, 0.2) is 72.8 Å². The lowest BCUT2D eigenvalue weighted by Crippen LogP contribution is -2.34. The molecular formula is C22H26NOP. The molecule has 0 amide bonds. The zero-order valence-electron chi connectivity index (χ0n) is 15.4. The Bertz CT molecular complexity index is 907. The normalized spacial score (nSPS) is 15.7. The second kappa shape index (κ2) is 6.78. The lowest BCUT2D eigenvalue weighted by molar-refractivity contribution is 0.534. The Hall–Kier alpha value is -1.89. The van der Waals surface area contributed by atoms with E-state index in [9.17, 15) is 4.57 Å². The zero-order valence-corrected chi connectivity index (χ0v) is 16.3. The number of nitrogens with one attached hydrogen (secondary N) is 1. The van der Waals surface area contributed by atoms with Crippen LogP contribution in [0.4, 0.5) is 0 Å². The molecule has 3 aromatic carbocycles. The largest absolute Gasteiger partial charge is 0.301 e. The number of benzene rings is 3. The van der Waals surface area contributed by atoms with Crippen LogP contribution in [-0.2, 0) is 4.57 Å². The summed E-state index contributed by atoms with van der Waals surface area (Å²) in [5, 5.41) is 6.44. The van der Waals surface area contributed by atoms with Crippen molar-refractivity contribution in [2.75, 3.05) is 0 Å². The van der Waals surface area contributed by atoms with Crippen LogP contribution in [0.3, 0.4) is 0 Å². The third-order valence-corrected chi connectivity index (χ3v) is 8.40. The quantitative estimate of drug-likeness (QED) is 0.594. The van der Waals surface area contributed by atoms with E-state index >= 15 is 0 Å². The summed E-state index contributed by atoms with van der Waals surface area (Å²) in [6, 6.07) is 24.5. The van der Waals surface area contributed by atoms with Crippen molar-refractivity contribution >= 4 is 23.4 Å². The van der Waals surface area contributed by atoms with Crippen LogP contribution in [0.2, 0.25) is 0 Å². The van der Waals surface area contributed by atoms with Gasteiger partial charge in [0.25, 0.3) is 0 Å². The molecule has 0 aliphatic carbocycles. The van der Waals surface area contributed by atoms with Crippen molar-refractivity contribution in [3.05, 3.63) is 78.4 Å². The topological polar surface area (TPSA) is 29.1 Å². The summed E-state index contributed by atoms with van der Waals surface area (Å²) in [7, 11) is -2.81. The Labute approximate surface area is 150 Å². The molecule has 3 rings (SSSR count). The monoisotopic (exact) mass is 351 g/mol. The molecule has 0 aliphatic rings. The molecule has 2 nitrogen and oxygen atoms in total. The van der Waals surface area contributed by atoms with Gasteiger partial charge in [-0.1, -0.05) is 93.6 Å². The van der Waals surface area contributed by atoms with Gasteiger partial charge in [0.1, 0.15) is 0 Å². The fraction of sp³-hybridized carbons (Fsp3) is 0.273. The highest BCUT2D eigenvalue weighted by Gasteiger charge is 2.39. The Morgan fingerprint density at radius 1 is 0.840 bits per heavy atom. The fourth-order valence-electron chi connectivity index (χ4n) is 3.26. The number of fused-ring (bicyclic) bond motifs is 1. The lowest BCUT2D eigenvalue weighted by atomic mass is 10.0. The number of hydrogen-bond donors (Lipinski definition) is 1. The van der Waals surface area contributed by atoms with Crippen molar-refractivity contribution in [2.45, 2.75) is 38.9 Å². The molecule has 1 N–H and O–H groups in total. The summed E-state index contributed by atoms with van der Waals surface area (Å²) in [5.74, 6) is 0. The van der Waals surface area contributed by atoms with E-state index in [0.717, 1.165) is 5.30 Å². The van der Waals surface area contributed by atoms with Gasteiger partial charge < -0.3 is 4.57 Å². The van der Waals surface area contributed by atoms with Gasteiger partial charge in [-0.15, -0.1) is 0 Å². The van der Waals surface area contributed by atoms with Crippen LogP contribution in [0.25, 0.3) is 10.8 Å². The average molecular weight is 351 g/mol. The van der Waals surface area contributed by atoms with Gasteiger partial charge in [-0.3, -0.25) is 5.09 Å². The van der Waals surface area contributed by atoms with Crippen LogP contribution in [0.1, 0.15) is 39.3 Å². The van der Waals surface area contributed by atoms with Crippen molar-refractivity contribution in [2.24, 2.45) is 0 Å². The molecule has 0 aromatic heterocycles. The van der Waals surface area contributed by atoms with Crippen molar-refractivity contribution in [1.29, 1.82) is 0 Å². The Morgan fingerprint density at radius 2 is 1.44 bits per heavy atom. The van der Waals surface area contributed by atoms with E-state index in [-0.39, 0.29) is 11.2 Å². The minimum atomic E-state index is -2.81. The van der Waals surface area contributed by atoms with Crippen LogP contribution in [0, 0.1) is 0 Å². The molecule has 0 heterocycles. The molecule has 2 atom stereocenters. The maximum atomic E-state index is 14.0. The van der Waals surface area contributed by atoms with Gasteiger partial charge in [-0.25, -0.2) is 0 Å². The Morgan fingerprint density at radius 3 is 2.12 bits per heavy atom. The summed E-state index contributed by atoms with van der Waals surface area (Å²) in [5.41, 5.74) is 1.18. The molecule has 2 unspecified atom stereocenters. The average Bonchev–Trinajstić information content (AvgIpc) is 2.61. The van der Waals surface area contributed by atoms with E-state index in [1.165, 1.54) is 16.3 Å². The highest BCUT2D eigenvalue weighted by atomic mass is 31.2. The van der Waals surface area contributed by atoms with Gasteiger partial charge >= 0.3 is 0 Å². The molecule has 0 spiro atoms. The van der Waals surface area contributed by atoms with Crippen LogP contribution in [-0.4, -0.2) is 5.16 Å². The van der Waals surface area contributed by atoms with Gasteiger partial charge in [0, 0.05) is 16.5 Å². The summed E-state index contributed by atoms with van der Waals surface area (Å²) in [6.07, 6.45) is 0. The minimum Gasteiger partial charge on any atom is -0.301 e. The molecule has 0 bridgehead atoms. The molecule has 3 aromatic rings. The highest BCUT2D eigenvalue weighted by molar-refractivity contribution is 7.71. The summed E-state index contributed by atoms with van der Waals surface area (Å²) in [6.45, 7) is 8.24. The lowest BCUT2D eigenvalue weighted by Gasteiger charge is -2.35. The number of hydrogen-bond acceptors (Lipinski definition) is 1. The van der Waals surface area contributed by atoms with Gasteiger partial charge in [-0.2, -0.15) is 0 Å². The molecule has 3 heteroatoms. The van der Waals surface area contributed by atoms with Crippen molar-refractivity contribution in [3.8, 4) is 0 Å². The van der Waals surface area contributed by atoms with Crippen LogP contribution >= 0.6 is 7.29 Å². The van der Waals surface area contributed by atoms with Crippen LogP contribution in [0.5, 0.6) is 0 Å². The Kier molecular flexibility index (Phi) is 4.86. The molecule has 0 aliphatic heterocycles. The second-order valence-electron chi connectivity index (χ2n) is 7.53. The standard InChI is InChI=1S/C22H26NOP/c1-17(20-16-10-12-18-11-8-9-15-21(18)20)23-25(24,22(2,3)4)19-13-6-5-7-14-19/h5-17H,1-4H3,(H,23,24). The first-order valence-electron chi connectivity index (χ1n) is 8.74. The summed E-state index contributed by atoms with van der Waals surface area (Å²) >= 11 is 0. The Balaban J connectivity index is 2.04. The molecule has 0 fully saturated rings. The van der Waals surface area contributed by atoms with Crippen LogP contribution < -0.4 is 10.4 Å². The fourth-order valence-corrected chi connectivity index (χ4v) is 5.85. The number of rotatable bonds is 4.